The van der Waals surface area contributed by atoms with Crippen LogP contribution < -0.4 is 5.32 Å². The summed E-state index contributed by atoms with van der Waals surface area (Å²) in [4.78, 5) is 0. The molecular weight excluding hydrogens is 246 g/mol. The zero-order valence-corrected chi connectivity index (χ0v) is 11.1. The van der Waals surface area contributed by atoms with E-state index in [2.05, 4.69) is 29.6 Å². The van der Waals surface area contributed by atoms with E-state index in [1.807, 2.05) is 43.3 Å². The maximum Gasteiger partial charge on any atom is 0.145 e. The number of hydrogen-bond acceptors (Lipinski definition) is 3. The molecule has 0 aliphatic carbocycles. The Kier molecular flexibility index (Phi) is 4.17. The highest BCUT2D eigenvalue weighted by Gasteiger charge is 2.03. The van der Waals surface area contributed by atoms with Crippen LogP contribution in [0.2, 0.25) is 0 Å². The highest BCUT2D eigenvalue weighted by Crippen LogP contribution is 2.28. The van der Waals surface area contributed by atoms with Crippen LogP contribution in [0.15, 0.2) is 60.3 Å². The van der Waals surface area contributed by atoms with Crippen molar-refractivity contribution in [3.8, 4) is 23.3 Å². The van der Waals surface area contributed by atoms with E-state index in [0.29, 0.717) is 0 Å². The first-order valence-electron chi connectivity index (χ1n) is 6.17. The maximum atomic E-state index is 8.74. The third-order valence-electron chi connectivity index (χ3n) is 2.90. The molecule has 0 spiro atoms. The van der Waals surface area contributed by atoms with Crippen molar-refractivity contribution in [2.75, 3.05) is 5.32 Å². The van der Waals surface area contributed by atoms with Crippen LogP contribution >= 0.6 is 0 Å². The average Bonchev–Trinajstić information content (AvgIpc) is 2.50. The molecule has 0 saturated heterocycles. The minimum atomic E-state index is 0.0451. The van der Waals surface area contributed by atoms with Crippen molar-refractivity contribution in [2.45, 2.75) is 6.92 Å². The number of anilines is 1. The molecule has 96 valence electrons. The smallest absolute Gasteiger partial charge is 0.145 e. The first kappa shape index (κ1) is 13.4. The van der Waals surface area contributed by atoms with E-state index in [-0.39, 0.29) is 5.57 Å². The molecule has 3 heteroatoms. The number of allylic oxidation sites excluding steroid dienone is 1. The Balaban J connectivity index is 2.37. The normalized spacial score (nSPS) is 9.15. The molecule has 0 aliphatic rings. The predicted molar refractivity (Wildman–Crippen MR) is 79.5 cm³/mol. The number of para-hydroxylation sites is 1. The largest absolute Gasteiger partial charge is 0.359 e. The molecule has 2 aromatic carbocycles. The van der Waals surface area contributed by atoms with E-state index in [9.17, 15) is 0 Å². The molecule has 2 rings (SSSR count). The van der Waals surface area contributed by atoms with Gasteiger partial charge in [0.2, 0.25) is 0 Å². The summed E-state index contributed by atoms with van der Waals surface area (Å²) in [5.74, 6) is 0. The lowest BCUT2D eigenvalue weighted by atomic mass is 10.0. The number of nitriles is 2. The second-order valence-corrected chi connectivity index (χ2v) is 4.34. The van der Waals surface area contributed by atoms with Crippen LogP contribution in [0.1, 0.15) is 5.56 Å². The van der Waals surface area contributed by atoms with Gasteiger partial charge >= 0.3 is 0 Å². The van der Waals surface area contributed by atoms with Crippen molar-refractivity contribution in [1.29, 1.82) is 10.5 Å². The minimum Gasteiger partial charge on any atom is -0.359 e. The Bertz CT molecular complexity index is 697. The fraction of sp³-hybridized carbons (Fsp3) is 0.0588. The van der Waals surface area contributed by atoms with Crippen molar-refractivity contribution < 1.29 is 0 Å². The zero-order valence-electron chi connectivity index (χ0n) is 11.1. The van der Waals surface area contributed by atoms with Crippen molar-refractivity contribution in [1.82, 2.24) is 0 Å². The molecule has 1 N–H and O–H groups in total. The highest BCUT2D eigenvalue weighted by atomic mass is 14.8. The SMILES string of the molecule is Cc1ccc(-c2ccccc2NC=C(C#N)C#N)cc1. The molecule has 0 saturated carbocycles. The van der Waals surface area contributed by atoms with Crippen LogP contribution in [-0.4, -0.2) is 0 Å². The molecule has 0 amide bonds. The summed E-state index contributed by atoms with van der Waals surface area (Å²) in [5, 5.41) is 20.5. The first-order chi connectivity index (χ1) is 9.74. The second kappa shape index (κ2) is 6.22. The number of nitrogens with one attached hydrogen (secondary N) is 1. The van der Waals surface area contributed by atoms with Crippen LogP contribution in [0.5, 0.6) is 0 Å². The van der Waals surface area contributed by atoms with E-state index in [1.165, 1.54) is 11.8 Å². The monoisotopic (exact) mass is 259 g/mol. The standard InChI is InChI=1S/C17H13N3/c1-13-6-8-15(9-7-13)16-4-2-3-5-17(16)20-12-14(10-18)11-19/h2-9,12,20H,1H3. The van der Waals surface area contributed by atoms with Gasteiger partial charge in [-0.1, -0.05) is 48.0 Å². The molecule has 0 radical (unpaired) electrons. The molecule has 0 aliphatic heterocycles. The van der Waals surface area contributed by atoms with Gasteiger partial charge in [0.05, 0.1) is 0 Å². The van der Waals surface area contributed by atoms with Gasteiger partial charge in [-0.2, -0.15) is 10.5 Å². The van der Waals surface area contributed by atoms with Crippen LogP contribution in [0.3, 0.4) is 0 Å². The molecule has 0 fully saturated rings. The van der Waals surface area contributed by atoms with Gasteiger partial charge in [-0.3, -0.25) is 0 Å². The van der Waals surface area contributed by atoms with Gasteiger partial charge in [0, 0.05) is 17.5 Å². The lowest BCUT2D eigenvalue weighted by Gasteiger charge is -2.09. The highest BCUT2D eigenvalue weighted by molar-refractivity contribution is 5.78. The molecule has 2 aromatic rings. The van der Waals surface area contributed by atoms with E-state index >= 15 is 0 Å². The third-order valence-corrected chi connectivity index (χ3v) is 2.90. The average molecular weight is 259 g/mol. The quantitative estimate of drug-likeness (QED) is 0.847. The summed E-state index contributed by atoms with van der Waals surface area (Å²) < 4.78 is 0. The number of hydrogen-bond donors (Lipinski definition) is 1. The van der Waals surface area contributed by atoms with Gasteiger partial charge in [0.1, 0.15) is 17.7 Å². The van der Waals surface area contributed by atoms with Gasteiger partial charge in [0.15, 0.2) is 0 Å². The fourth-order valence-corrected chi connectivity index (χ4v) is 1.83. The van der Waals surface area contributed by atoms with Crippen LogP contribution in [-0.2, 0) is 0 Å². The van der Waals surface area contributed by atoms with Gasteiger partial charge in [-0.25, -0.2) is 0 Å². The fourth-order valence-electron chi connectivity index (χ4n) is 1.83. The summed E-state index contributed by atoms with van der Waals surface area (Å²) in [6.45, 7) is 2.04. The van der Waals surface area contributed by atoms with Crippen molar-refractivity contribution in [3.05, 3.63) is 65.9 Å². The Hall–Kier alpha value is -3.04. The number of rotatable bonds is 3. The van der Waals surface area contributed by atoms with Gasteiger partial charge in [0.25, 0.3) is 0 Å². The lowest BCUT2D eigenvalue weighted by molar-refractivity contribution is 1.44. The van der Waals surface area contributed by atoms with Crippen LogP contribution in [0.25, 0.3) is 11.1 Å². The Morgan fingerprint density at radius 1 is 1.00 bits per heavy atom. The van der Waals surface area contributed by atoms with Crippen molar-refractivity contribution in [3.63, 3.8) is 0 Å². The summed E-state index contributed by atoms with van der Waals surface area (Å²) in [7, 11) is 0. The van der Waals surface area contributed by atoms with E-state index in [1.54, 1.807) is 0 Å². The first-order valence-corrected chi connectivity index (χ1v) is 6.17. The minimum absolute atomic E-state index is 0.0451. The van der Waals surface area contributed by atoms with E-state index in [4.69, 9.17) is 10.5 Å². The Morgan fingerprint density at radius 2 is 1.65 bits per heavy atom. The van der Waals surface area contributed by atoms with Crippen molar-refractivity contribution in [2.24, 2.45) is 0 Å². The summed E-state index contributed by atoms with van der Waals surface area (Å²) >= 11 is 0. The topological polar surface area (TPSA) is 59.6 Å². The number of aryl methyl sites for hydroxylation is 1. The zero-order chi connectivity index (χ0) is 14.4. The number of nitrogens with zero attached hydrogens (tertiary/aromatic N) is 2. The van der Waals surface area contributed by atoms with Gasteiger partial charge in [-0.05, 0) is 18.6 Å². The van der Waals surface area contributed by atoms with E-state index in [0.717, 1.165) is 16.8 Å². The lowest BCUT2D eigenvalue weighted by Crippen LogP contribution is -1.93. The summed E-state index contributed by atoms with van der Waals surface area (Å²) in [6.07, 6.45) is 1.42. The third kappa shape index (κ3) is 3.04. The second-order valence-electron chi connectivity index (χ2n) is 4.34. The Morgan fingerprint density at radius 3 is 2.30 bits per heavy atom. The molecule has 0 bridgehead atoms. The molecule has 0 unspecified atom stereocenters. The molecule has 0 heterocycles. The molecule has 0 atom stereocenters. The predicted octanol–water partition coefficient (Wildman–Crippen LogP) is 4.00. The van der Waals surface area contributed by atoms with Gasteiger partial charge < -0.3 is 5.32 Å². The summed E-state index contributed by atoms with van der Waals surface area (Å²) in [6, 6.07) is 19.6. The van der Waals surface area contributed by atoms with Crippen LogP contribution in [0, 0.1) is 29.6 Å². The van der Waals surface area contributed by atoms with Gasteiger partial charge in [-0.15, -0.1) is 0 Å². The van der Waals surface area contributed by atoms with Crippen LogP contribution in [0.4, 0.5) is 5.69 Å². The molecule has 20 heavy (non-hydrogen) atoms. The number of benzene rings is 2. The van der Waals surface area contributed by atoms with Crippen molar-refractivity contribution >= 4 is 5.69 Å². The molecule has 3 nitrogen and oxygen atoms in total. The Labute approximate surface area is 118 Å². The summed E-state index contributed by atoms with van der Waals surface area (Å²) in [5.41, 5.74) is 4.22. The molecular formula is C17H13N3. The maximum absolute atomic E-state index is 8.74. The van der Waals surface area contributed by atoms with E-state index < -0.39 is 0 Å². The molecule has 0 aromatic heterocycles.